The van der Waals surface area contributed by atoms with Crippen molar-refractivity contribution in [3.8, 4) is 0 Å². The van der Waals surface area contributed by atoms with Crippen LogP contribution in [0.15, 0.2) is 48.5 Å². The van der Waals surface area contributed by atoms with Gasteiger partial charge in [0.1, 0.15) is 11.9 Å². The largest absolute Gasteiger partial charge is 0.353 e. The number of rotatable bonds is 7. The molecule has 2 aromatic carbocycles. The summed E-state index contributed by atoms with van der Waals surface area (Å²) in [5, 5.41) is 5.54. The summed E-state index contributed by atoms with van der Waals surface area (Å²) in [6, 6.07) is 12.7. The molecule has 0 aliphatic rings. The van der Waals surface area contributed by atoms with Crippen LogP contribution in [0.3, 0.4) is 0 Å². The highest BCUT2D eigenvalue weighted by Gasteiger charge is 2.22. The van der Waals surface area contributed by atoms with Gasteiger partial charge in [-0.3, -0.25) is 14.5 Å². The second kappa shape index (κ2) is 9.10. The smallest absolute Gasteiger partial charge is 0.251 e. The maximum absolute atomic E-state index is 12.9. The predicted octanol–water partition coefficient (Wildman–Crippen LogP) is 2.28. The Balaban J connectivity index is 1.86. The van der Waals surface area contributed by atoms with Crippen molar-refractivity contribution in [2.45, 2.75) is 13.0 Å². The highest BCUT2D eigenvalue weighted by Crippen LogP contribution is 2.19. The van der Waals surface area contributed by atoms with Crippen LogP contribution >= 0.6 is 0 Å². The van der Waals surface area contributed by atoms with Gasteiger partial charge in [-0.15, -0.1) is 0 Å². The molecular weight excluding hydrogens is 333 g/mol. The lowest BCUT2D eigenvalue weighted by Crippen LogP contribution is -2.40. The Morgan fingerprint density at radius 2 is 1.69 bits per heavy atom. The van der Waals surface area contributed by atoms with Crippen molar-refractivity contribution in [1.29, 1.82) is 0 Å². The fraction of sp³-hybridized carbons (Fsp3) is 0.300. The summed E-state index contributed by atoms with van der Waals surface area (Å²) in [5.74, 6) is -0.821. The fourth-order valence-electron chi connectivity index (χ4n) is 2.69. The van der Waals surface area contributed by atoms with Gasteiger partial charge in [-0.1, -0.05) is 29.8 Å². The Morgan fingerprint density at radius 1 is 1.04 bits per heavy atom. The number of nitrogens with one attached hydrogen (secondary N) is 2. The Hall–Kier alpha value is -2.73. The normalized spacial score (nSPS) is 11.9. The first kappa shape index (κ1) is 19.6. The van der Waals surface area contributed by atoms with Gasteiger partial charge in [-0.2, -0.15) is 0 Å². The molecule has 0 aliphatic carbocycles. The zero-order chi connectivity index (χ0) is 19.1. The van der Waals surface area contributed by atoms with Crippen LogP contribution in [0.25, 0.3) is 0 Å². The van der Waals surface area contributed by atoms with Gasteiger partial charge in [-0.05, 0) is 50.8 Å². The van der Waals surface area contributed by atoms with Gasteiger partial charge in [0, 0.05) is 18.7 Å². The molecule has 0 bridgehead atoms. The maximum Gasteiger partial charge on any atom is 0.251 e. The van der Waals surface area contributed by atoms with E-state index < -0.39 is 6.04 Å². The van der Waals surface area contributed by atoms with Crippen molar-refractivity contribution in [1.82, 2.24) is 15.5 Å². The number of halogens is 1. The van der Waals surface area contributed by atoms with Crippen LogP contribution < -0.4 is 10.6 Å². The lowest BCUT2D eigenvalue weighted by Gasteiger charge is -2.24. The zero-order valence-corrected chi connectivity index (χ0v) is 15.3. The average molecular weight is 357 g/mol. The molecule has 26 heavy (non-hydrogen) atoms. The minimum Gasteiger partial charge on any atom is -0.353 e. The molecule has 0 fully saturated rings. The molecule has 0 saturated carbocycles. The van der Waals surface area contributed by atoms with Crippen LogP contribution in [0.1, 0.15) is 27.5 Å². The van der Waals surface area contributed by atoms with Gasteiger partial charge in [0.15, 0.2) is 0 Å². The molecule has 0 saturated heterocycles. The molecule has 0 spiro atoms. The number of nitrogens with zero attached hydrogens (tertiary/aromatic N) is 1. The molecular formula is C20H24FN3O2. The van der Waals surface area contributed by atoms with Crippen molar-refractivity contribution >= 4 is 11.8 Å². The monoisotopic (exact) mass is 357 g/mol. The number of carbonyl (C=O) groups is 2. The van der Waals surface area contributed by atoms with E-state index in [1.165, 1.54) is 24.3 Å². The fourth-order valence-corrected chi connectivity index (χ4v) is 2.69. The number of hydrogen-bond donors (Lipinski definition) is 2. The molecule has 0 radical (unpaired) electrons. The van der Waals surface area contributed by atoms with E-state index in [-0.39, 0.29) is 24.2 Å². The molecule has 5 nitrogen and oxygen atoms in total. The molecule has 2 aromatic rings. The number of benzene rings is 2. The molecule has 6 heteroatoms. The van der Waals surface area contributed by atoms with E-state index in [9.17, 15) is 14.0 Å². The molecule has 1 unspecified atom stereocenters. The quantitative estimate of drug-likeness (QED) is 0.748. The van der Waals surface area contributed by atoms with Crippen molar-refractivity contribution in [3.63, 3.8) is 0 Å². The lowest BCUT2D eigenvalue weighted by atomic mass is 10.0. The SMILES string of the molecule is Cc1cccc(C(C(=O)NCCNC(=O)c2ccc(F)cc2)N(C)C)c1. The Morgan fingerprint density at radius 3 is 2.31 bits per heavy atom. The zero-order valence-electron chi connectivity index (χ0n) is 15.3. The van der Waals surface area contributed by atoms with Crippen molar-refractivity contribution in [2.75, 3.05) is 27.2 Å². The van der Waals surface area contributed by atoms with Crippen LogP contribution in [0.5, 0.6) is 0 Å². The van der Waals surface area contributed by atoms with Gasteiger partial charge in [0.25, 0.3) is 5.91 Å². The lowest BCUT2D eigenvalue weighted by molar-refractivity contribution is -0.125. The van der Waals surface area contributed by atoms with E-state index in [1.54, 1.807) is 0 Å². The van der Waals surface area contributed by atoms with E-state index in [4.69, 9.17) is 0 Å². The Bertz CT molecular complexity index is 760. The van der Waals surface area contributed by atoms with Crippen LogP contribution in [0.4, 0.5) is 4.39 Å². The van der Waals surface area contributed by atoms with Crippen molar-refractivity contribution in [2.24, 2.45) is 0 Å². The summed E-state index contributed by atoms with van der Waals surface area (Å²) in [6.07, 6.45) is 0. The second-order valence-electron chi connectivity index (χ2n) is 6.33. The average Bonchev–Trinajstić information content (AvgIpc) is 2.59. The maximum atomic E-state index is 12.9. The second-order valence-corrected chi connectivity index (χ2v) is 6.33. The molecule has 2 N–H and O–H groups in total. The molecule has 0 aliphatic heterocycles. The minimum atomic E-state index is -0.400. The van der Waals surface area contributed by atoms with E-state index in [0.29, 0.717) is 12.1 Å². The van der Waals surface area contributed by atoms with Crippen LogP contribution in [-0.2, 0) is 4.79 Å². The summed E-state index contributed by atoms with van der Waals surface area (Å²) < 4.78 is 12.9. The van der Waals surface area contributed by atoms with E-state index >= 15 is 0 Å². The van der Waals surface area contributed by atoms with E-state index in [2.05, 4.69) is 10.6 Å². The topological polar surface area (TPSA) is 61.4 Å². The summed E-state index contributed by atoms with van der Waals surface area (Å²) in [6.45, 7) is 2.58. The highest BCUT2D eigenvalue weighted by atomic mass is 19.1. The first-order chi connectivity index (χ1) is 12.4. The summed E-state index contributed by atoms with van der Waals surface area (Å²) >= 11 is 0. The minimum absolute atomic E-state index is 0.128. The van der Waals surface area contributed by atoms with Crippen molar-refractivity contribution < 1.29 is 14.0 Å². The van der Waals surface area contributed by atoms with Crippen molar-refractivity contribution in [3.05, 3.63) is 71.0 Å². The van der Waals surface area contributed by atoms with E-state index in [1.807, 2.05) is 50.2 Å². The number of likely N-dealkylation sites (N-methyl/N-ethyl adjacent to an activating group) is 1. The third-order valence-electron chi connectivity index (χ3n) is 3.94. The number of carbonyl (C=O) groups excluding carboxylic acids is 2. The number of hydrogen-bond acceptors (Lipinski definition) is 3. The highest BCUT2D eigenvalue weighted by molar-refractivity contribution is 5.94. The Kier molecular flexibility index (Phi) is 6.86. The van der Waals surface area contributed by atoms with Gasteiger partial charge in [0.05, 0.1) is 0 Å². The molecule has 2 rings (SSSR count). The molecule has 2 amide bonds. The summed E-state index contributed by atoms with van der Waals surface area (Å²) in [4.78, 5) is 26.3. The molecule has 0 heterocycles. The first-order valence-electron chi connectivity index (χ1n) is 8.43. The van der Waals surface area contributed by atoms with Crippen LogP contribution in [0, 0.1) is 12.7 Å². The van der Waals surface area contributed by atoms with Gasteiger partial charge < -0.3 is 10.6 Å². The van der Waals surface area contributed by atoms with Gasteiger partial charge in [-0.25, -0.2) is 4.39 Å². The van der Waals surface area contributed by atoms with Crippen LogP contribution in [0.2, 0.25) is 0 Å². The number of amides is 2. The molecule has 138 valence electrons. The Labute approximate surface area is 153 Å². The van der Waals surface area contributed by atoms with E-state index in [0.717, 1.165) is 11.1 Å². The third-order valence-corrected chi connectivity index (χ3v) is 3.94. The third kappa shape index (κ3) is 5.39. The standard InChI is InChI=1S/C20H24FN3O2/c1-14-5-4-6-16(13-14)18(24(2)3)20(26)23-12-11-22-19(25)15-7-9-17(21)10-8-15/h4-10,13,18H,11-12H2,1-3H3,(H,22,25)(H,23,26). The summed E-state index contributed by atoms with van der Waals surface area (Å²) in [7, 11) is 3.70. The molecule has 0 aromatic heterocycles. The van der Waals surface area contributed by atoms with Crippen LogP contribution in [-0.4, -0.2) is 43.9 Å². The molecule has 1 atom stereocenters. The first-order valence-corrected chi connectivity index (χ1v) is 8.43. The van der Waals surface area contributed by atoms with Gasteiger partial charge >= 0.3 is 0 Å². The summed E-state index contributed by atoms with van der Waals surface area (Å²) in [5.41, 5.74) is 2.39. The number of aryl methyl sites for hydroxylation is 1. The predicted molar refractivity (Wildman–Crippen MR) is 99.3 cm³/mol. The van der Waals surface area contributed by atoms with Gasteiger partial charge in [0.2, 0.25) is 5.91 Å².